The van der Waals surface area contributed by atoms with Crippen molar-refractivity contribution < 1.29 is 4.79 Å². The highest BCUT2D eigenvalue weighted by Gasteiger charge is 2.17. The van der Waals surface area contributed by atoms with Crippen molar-refractivity contribution in [3.8, 4) is 11.4 Å². The fraction of sp³-hybridized carbons (Fsp3) is 0.250. The van der Waals surface area contributed by atoms with Gasteiger partial charge >= 0.3 is 0 Å². The summed E-state index contributed by atoms with van der Waals surface area (Å²) in [4.78, 5) is 12.5. The third kappa shape index (κ3) is 5.05. The standard InChI is InChI=1S/C20H22ClN5OS/c1-2-7-17(14-8-4-3-5-9-14)23-18(27)13-28-20-25-24-19(26(20)22)15-10-6-11-16(21)12-15/h3-6,8-12,17H,2,7,13,22H2,1H3,(H,23,27)/t17-/m0/s1. The Morgan fingerprint density at radius 2 is 2.00 bits per heavy atom. The molecule has 3 rings (SSSR count). The van der Waals surface area contributed by atoms with Gasteiger partial charge in [-0.05, 0) is 24.1 Å². The topological polar surface area (TPSA) is 85.8 Å². The molecule has 0 spiro atoms. The number of hydrogen-bond acceptors (Lipinski definition) is 5. The minimum atomic E-state index is -0.0698. The summed E-state index contributed by atoms with van der Waals surface area (Å²) in [5.74, 6) is 6.74. The largest absolute Gasteiger partial charge is 0.349 e. The fourth-order valence-corrected chi connectivity index (χ4v) is 3.72. The monoisotopic (exact) mass is 415 g/mol. The number of benzene rings is 2. The average molecular weight is 416 g/mol. The van der Waals surface area contributed by atoms with Gasteiger partial charge in [0.05, 0.1) is 11.8 Å². The van der Waals surface area contributed by atoms with Crippen molar-refractivity contribution in [2.45, 2.75) is 31.0 Å². The summed E-state index contributed by atoms with van der Waals surface area (Å²) >= 11 is 7.27. The molecular formula is C20H22ClN5OS. The Morgan fingerprint density at radius 3 is 2.71 bits per heavy atom. The highest BCUT2D eigenvalue weighted by atomic mass is 35.5. The molecule has 2 aromatic carbocycles. The Bertz CT molecular complexity index is 931. The third-order valence-electron chi connectivity index (χ3n) is 4.19. The van der Waals surface area contributed by atoms with Gasteiger partial charge in [0, 0.05) is 10.6 Å². The zero-order valence-electron chi connectivity index (χ0n) is 15.5. The smallest absolute Gasteiger partial charge is 0.230 e. The van der Waals surface area contributed by atoms with Crippen molar-refractivity contribution in [2.75, 3.05) is 11.6 Å². The Balaban J connectivity index is 1.63. The SMILES string of the molecule is CCC[C@H](NC(=O)CSc1nnc(-c2cccc(Cl)c2)n1N)c1ccccc1. The molecule has 0 unspecified atom stereocenters. The van der Waals surface area contributed by atoms with Gasteiger partial charge in [-0.25, -0.2) is 4.68 Å². The number of carbonyl (C=O) groups is 1. The molecule has 0 radical (unpaired) electrons. The maximum atomic E-state index is 12.5. The van der Waals surface area contributed by atoms with Crippen LogP contribution >= 0.6 is 23.4 Å². The van der Waals surface area contributed by atoms with Crippen LogP contribution in [-0.4, -0.2) is 26.5 Å². The van der Waals surface area contributed by atoms with Gasteiger partial charge in [-0.2, -0.15) is 0 Å². The Hall–Kier alpha value is -2.51. The van der Waals surface area contributed by atoms with Crippen molar-refractivity contribution in [1.82, 2.24) is 20.2 Å². The van der Waals surface area contributed by atoms with Crippen LogP contribution in [0, 0.1) is 0 Å². The molecule has 0 aliphatic carbocycles. The molecule has 146 valence electrons. The minimum absolute atomic E-state index is 0.00271. The minimum Gasteiger partial charge on any atom is -0.349 e. The number of amides is 1. The van der Waals surface area contributed by atoms with E-state index in [1.807, 2.05) is 42.5 Å². The molecule has 3 aromatic rings. The quantitative estimate of drug-likeness (QED) is 0.428. The molecule has 28 heavy (non-hydrogen) atoms. The molecule has 1 amide bonds. The highest BCUT2D eigenvalue weighted by Crippen LogP contribution is 2.24. The van der Waals surface area contributed by atoms with Gasteiger partial charge in [0.2, 0.25) is 11.1 Å². The van der Waals surface area contributed by atoms with Crippen LogP contribution < -0.4 is 11.2 Å². The molecule has 0 fully saturated rings. The van der Waals surface area contributed by atoms with Crippen LogP contribution in [0.5, 0.6) is 0 Å². The van der Waals surface area contributed by atoms with Crippen LogP contribution in [0.1, 0.15) is 31.4 Å². The number of hydrogen-bond donors (Lipinski definition) is 2. The van der Waals surface area contributed by atoms with Gasteiger partial charge in [-0.15, -0.1) is 10.2 Å². The lowest BCUT2D eigenvalue weighted by Gasteiger charge is -2.18. The number of aromatic nitrogens is 3. The molecule has 8 heteroatoms. The Labute approximate surface area is 173 Å². The van der Waals surface area contributed by atoms with Crippen LogP contribution in [0.4, 0.5) is 0 Å². The van der Waals surface area contributed by atoms with E-state index in [4.69, 9.17) is 17.4 Å². The normalized spacial score (nSPS) is 11.9. The Kier molecular flexibility index (Phi) is 6.95. The van der Waals surface area contributed by atoms with E-state index in [1.54, 1.807) is 12.1 Å². The zero-order valence-corrected chi connectivity index (χ0v) is 17.1. The number of nitrogen functional groups attached to an aromatic ring is 1. The summed E-state index contributed by atoms with van der Waals surface area (Å²) in [5, 5.41) is 12.4. The number of nitrogens with one attached hydrogen (secondary N) is 1. The summed E-state index contributed by atoms with van der Waals surface area (Å²) in [6.45, 7) is 2.10. The molecule has 1 atom stereocenters. The molecule has 1 aromatic heterocycles. The fourth-order valence-electron chi connectivity index (χ4n) is 2.86. The first-order chi connectivity index (χ1) is 13.6. The predicted octanol–water partition coefficient (Wildman–Crippen LogP) is 4.06. The van der Waals surface area contributed by atoms with Crippen molar-refractivity contribution in [2.24, 2.45) is 0 Å². The Morgan fingerprint density at radius 1 is 1.21 bits per heavy atom. The van der Waals surface area contributed by atoms with E-state index >= 15 is 0 Å². The lowest BCUT2D eigenvalue weighted by Crippen LogP contribution is -2.30. The first kappa shape index (κ1) is 20.2. The first-order valence-electron chi connectivity index (χ1n) is 9.02. The second kappa shape index (κ2) is 9.61. The molecule has 0 saturated heterocycles. The van der Waals surface area contributed by atoms with Crippen molar-refractivity contribution in [3.63, 3.8) is 0 Å². The molecule has 0 aliphatic rings. The van der Waals surface area contributed by atoms with Crippen LogP contribution in [0.3, 0.4) is 0 Å². The van der Waals surface area contributed by atoms with E-state index in [1.165, 1.54) is 16.4 Å². The molecule has 1 heterocycles. The van der Waals surface area contributed by atoms with Gasteiger partial charge < -0.3 is 11.2 Å². The van der Waals surface area contributed by atoms with Gasteiger partial charge in [0.1, 0.15) is 0 Å². The predicted molar refractivity (Wildman–Crippen MR) is 114 cm³/mol. The summed E-state index contributed by atoms with van der Waals surface area (Å²) in [7, 11) is 0. The lowest BCUT2D eigenvalue weighted by atomic mass is 10.0. The number of nitrogens with zero attached hydrogens (tertiary/aromatic N) is 3. The number of halogens is 1. The summed E-state index contributed by atoms with van der Waals surface area (Å²) in [6, 6.07) is 17.2. The summed E-state index contributed by atoms with van der Waals surface area (Å²) in [6.07, 6.45) is 1.86. The number of thioether (sulfide) groups is 1. The van der Waals surface area contributed by atoms with Gasteiger partial charge in [0.15, 0.2) is 5.82 Å². The maximum Gasteiger partial charge on any atom is 0.230 e. The highest BCUT2D eigenvalue weighted by molar-refractivity contribution is 7.99. The van der Waals surface area contributed by atoms with Crippen LogP contribution in [0.15, 0.2) is 59.8 Å². The van der Waals surface area contributed by atoms with E-state index in [2.05, 4.69) is 22.4 Å². The van der Waals surface area contributed by atoms with E-state index in [0.29, 0.717) is 16.0 Å². The number of carbonyl (C=O) groups excluding carboxylic acids is 1. The van der Waals surface area contributed by atoms with Gasteiger partial charge in [0.25, 0.3) is 0 Å². The second-order valence-corrected chi connectivity index (χ2v) is 7.67. The van der Waals surface area contributed by atoms with Crippen molar-refractivity contribution in [1.29, 1.82) is 0 Å². The van der Waals surface area contributed by atoms with E-state index in [9.17, 15) is 4.79 Å². The van der Waals surface area contributed by atoms with Crippen LogP contribution in [0.25, 0.3) is 11.4 Å². The number of rotatable bonds is 8. The van der Waals surface area contributed by atoms with Gasteiger partial charge in [-0.1, -0.05) is 79.2 Å². The molecule has 0 aliphatic heterocycles. The number of nitrogens with two attached hydrogens (primary N) is 1. The molecule has 0 saturated carbocycles. The molecule has 0 bridgehead atoms. The molecule has 3 N–H and O–H groups in total. The van der Waals surface area contributed by atoms with E-state index in [-0.39, 0.29) is 17.7 Å². The third-order valence-corrected chi connectivity index (χ3v) is 5.37. The molecular weight excluding hydrogens is 394 g/mol. The van der Waals surface area contributed by atoms with Gasteiger partial charge in [-0.3, -0.25) is 4.79 Å². The van der Waals surface area contributed by atoms with E-state index in [0.717, 1.165) is 24.0 Å². The van der Waals surface area contributed by atoms with E-state index < -0.39 is 0 Å². The maximum absolute atomic E-state index is 12.5. The average Bonchev–Trinajstić information content (AvgIpc) is 3.07. The lowest BCUT2D eigenvalue weighted by molar-refractivity contribution is -0.119. The van der Waals surface area contributed by atoms with Crippen molar-refractivity contribution >= 4 is 29.3 Å². The first-order valence-corrected chi connectivity index (χ1v) is 10.4. The summed E-state index contributed by atoms with van der Waals surface area (Å²) < 4.78 is 1.38. The summed E-state index contributed by atoms with van der Waals surface area (Å²) in [5.41, 5.74) is 1.87. The van der Waals surface area contributed by atoms with Crippen LogP contribution in [-0.2, 0) is 4.79 Å². The zero-order chi connectivity index (χ0) is 19.9. The molecule has 6 nitrogen and oxygen atoms in total. The van der Waals surface area contributed by atoms with Crippen LogP contribution in [0.2, 0.25) is 5.02 Å². The van der Waals surface area contributed by atoms with Crippen molar-refractivity contribution in [3.05, 3.63) is 65.2 Å². The second-order valence-electron chi connectivity index (χ2n) is 6.29.